The van der Waals surface area contributed by atoms with E-state index in [2.05, 4.69) is 27.8 Å². The van der Waals surface area contributed by atoms with Crippen LogP contribution in [-0.4, -0.2) is 17.1 Å². The summed E-state index contributed by atoms with van der Waals surface area (Å²) in [6, 6.07) is 4.76. The summed E-state index contributed by atoms with van der Waals surface area (Å²) in [6.45, 7) is 5.51. The van der Waals surface area contributed by atoms with Gasteiger partial charge >= 0.3 is 0 Å². The average Bonchev–Trinajstić information content (AvgIpc) is 2.22. The molecule has 1 amide bonds. The van der Waals surface area contributed by atoms with E-state index in [9.17, 15) is 9.90 Å². The van der Waals surface area contributed by atoms with Crippen molar-refractivity contribution in [1.29, 1.82) is 0 Å². The van der Waals surface area contributed by atoms with Gasteiger partial charge in [0, 0.05) is 11.6 Å². The number of rotatable bonds is 4. The van der Waals surface area contributed by atoms with Crippen LogP contribution in [0.1, 0.15) is 23.7 Å². The Balaban J connectivity index is 2.73. The van der Waals surface area contributed by atoms with Crippen molar-refractivity contribution in [3.63, 3.8) is 0 Å². The lowest BCUT2D eigenvalue weighted by molar-refractivity contribution is 0.0940. The normalized spacial score (nSPS) is 11.9. The summed E-state index contributed by atoms with van der Waals surface area (Å²) in [5.41, 5.74) is 0.441. The van der Waals surface area contributed by atoms with Crippen molar-refractivity contribution in [3.8, 4) is 5.75 Å². The van der Waals surface area contributed by atoms with E-state index in [-0.39, 0.29) is 17.7 Å². The highest BCUT2D eigenvalue weighted by Gasteiger charge is 2.10. The zero-order valence-corrected chi connectivity index (χ0v) is 10.6. The first kappa shape index (κ1) is 12.8. The number of carbonyl (C=O) groups excluding carboxylic acids is 1. The molecule has 0 heterocycles. The molecule has 0 radical (unpaired) electrons. The van der Waals surface area contributed by atoms with Crippen molar-refractivity contribution >= 4 is 21.8 Å². The van der Waals surface area contributed by atoms with E-state index in [0.29, 0.717) is 16.5 Å². The third-order valence-corrected chi connectivity index (χ3v) is 2.78. The molecule has 0 aliphatic heterocycles. The van der Waals surface area contributed by atoms with Crippen LogP contribution in [0.5, 0.6) is 5.75 Å². The minimum atomic E-state index is -0.197. The highest BCUT2D eigenvalue weighted by Crippen LogP contribution is 2.24. The maximum Gasteiger partial charge on any atom is 0.251 e. The van der Waals surface area contributed by atoms with Crippen molar-refractivity contribution in [3.05, 3.63) is 40.9 Å². The van der Waals surface area contributed by atoms with Crippen LogP contribution in [0.3, 0.4) is 0 Å². The molecular weight excluding hydrogens is 270 g/mol. The number of benzene rings is 1. The molecular formula is C12H14BrNO2. The Labute approximate surface area is 103 Å². The molecule has 0 saturated heterocycles. The first-order valence-corrected chi connectivity index (χ1v) is 5.74. The van der Waals surface area contributed by atoms with Crippen molar-refractivity contribution in [2.24, 2.45) is 0 Å². The van der Waals surface area contributed by atoms with Crippen LogP contribution in [-0.2, 0) is 0 Å². The highest BCUT2D eigenvalue weighted by molar-refractivity contribution is 9.10. The fourth-order valence-electron chi connectivity index (χ4n) is 1.27. The van der Waals surface area contributed by atoms with Crippen LogP contribution < -0.4 is 5.32 Å². The van der Waals surface area contributed by atoms with Gasteiger partial charge < -0.3 is 10.4 Å². The number of aromatic hydroxyl groups is 1. The third kappa shape index (κ3) is 3.38. The molecule has 1 atom stereocenters. The van der Waals surface area contributed by atoms with Gasteiger partial charge in [-0.15, -0.1) is 6.58 Å². The number of hydrogen-bond acceptors (Lipinski definition) is 2. The SMILES string of the molecule is C=CCC(C)NC(=O)c1ccc(Br)c(O)c1. The van der Waals surface area contributed by atoms with Crippen LogP contribution in [0.2, 0.25) is 0 Å². The molecule has 0 fully saturated rings. The molecule has 0 bridgehead atoms. The van der Waals surface area contributed by atoms with E-state index in [1.54, 1.807) is 18.2 Å². The Morgan fingerprint density at radius 2 is 2.38 bits per heavy atom. The Morgan fingerprint density at radius 1 is 1.69 bits per heavy atom. The van der Waals surface area contributed by atoms with Crippen LogP contribution in [0.25, 0.3) is 0 Å². The first-order chi connectivity index (χ1) is 7.54. The van der Waals surface area contributed by atoms with Crippen molar-refractivity contribution in [1.82, 2.24) is 5.32 Å². The van der Waals surface area contributed by atoms with Crippen LogP contribution in [0.15, 0.2) is 35.3 Å². The van der Waals surface area contributed by atoms with E-state index in [4.69, 9.17) is 0 Å². The number of halogens is 1. The van der Waals surface area contributed by atoms with Gasteiger partial charge in [-0.3, -0.25) is 4.79 Å². The van der Waals surface area contributed by atoms with Crippen molar-refractivity contribution < 1.29 is 9.90 Å². The fraction of sp³-hybridized carbons (Fsp3) is 0.250. The Kier molecular flexibility index (Phi) is 4.55. The van der Waals surface area contributed by atoms with Gasteiger partial charge in [0.15, 0.2) is 0 Å². The van der Waals surface area contributed by atoms with Crippen LogP contribution in [0.4, 0.5) is 0 Å². The molecule has 16 heavy (non-hydrogen) atoms. The van der Waals surface area contributed by atoms with Gasteiger partial charge in [0.2, 0.25) is 0 Å². The van der Waals surface area contributed by atoms with E-state index in [1.807, 2.05) is 6.92 Å². The largest absolute Gasteiger partial charge is 0.507 e. The van der Waals surface area contributed by atoms with Crippen LogP contribution in [0, 0.1) is 0 Å². The molecule has 86 valence electrons. The second kappa shape index (κ2) is 5.70. The smallest absolute Gasteiger partial charge is 0.251 e. The molecule has 1 aromatic carbocycles. The number of amides is 1. The summed E-state index contributed by atoms with van der Waals surface area (Å²) < 4.78 is 0.572. The van der Waals surface area contributed by atoms with Gasteiger partial charge in [-0.25, -0.2) is 0 Å². The van der Waals surface area contributed by atoms with Gasteiger partial charge in [-0.05, 0) is 47.5 Å². The van der Waals surface area contributed by atoms with E-state index < -0.39 is 0 Å². The standard InChI is InChI=1S/C12H14BrNO2/c1-3-4-8(2)14-12(16)9-5-6-10(13)11(15)7-9/h3,5-8,15H,1,4H2,2H3,(H,14,16). The molecule has 3 nitrogen and oxygen atoms in total. The fourth-order valence-corrected chi connectivity index (χ4v) is 1.52. The molecule has 1 unspecified atom stereocenters. The van der Waals surface area contributed by atoms with E-state index in [1.165, 1.54) is 6.07 Å². The van der Waals surface area contributed by atoms with E-state index in [0.717, 1.165) is 0 Å². The second-order valence-electron chi connectivity index (χ2n) is 3.57. The predicted molar refractivity (Wildman–Crippen MR) is 67.5 cm³/mol. The zero-order valence-electron chi connectivity index (χ0n) is 9.03. The lowest BCUT2D eigenvalue weighted by Crippen LogP contribution is -2.32. The lowest BCUT2D eigenvalue weighted by Gasteiger charge is -2.11. The van der Waals surface area contributed by atoms with Gasteiger partial charge in [0.1, 0.15) is 5.75 Å². The Morgan fingerprint density at radius 3 is 2.94 bits per heavy atom. The molecule has 1 aromatic rings. The molecule has 0 aliphatic carbocycles. The topological polar surface area (TPSA) is 49.3 Å². The number of phenols is 1. The summed E-state index contributed by atoms with van der Waals surface area (Å²) >= 11 is 3.16. The highest BCUT2D eigenvalue weighted by atomic mass is 79.9. The first-order valence-electron chi connectivity index (χ1n) is 4.95. The Hall–Kier alpha value is -1.29. The summed E-state index contributed by atoms with van der Waals surface area (Å²) in [7, 11) is 0. The predicted octanol–water partition coefficient (Wildman–Crippen LogP) is 2.85. The van der Waals surface area contributed by atoms with Crippen LogP contribution >= 0.6 is 15.9 Å². The summed E-state index contributed by atoms with van der Waals surface area (Å²) in [5.74, 6) is -0.138. The summed E-state index contributed by atoms with van der Waals surface area (Å²) in [4.78, 5) is 11.7. The van der Waals surface area contributed by atoms with Gasteiger partial charge in [0.25, 0.3) is 5.91 Å². The molecule has 0 aromatic heterocycles. The molecule has 1 rings (SSSR count). The maximum absolute atomic E-state index is 11.7. The average molecular weight is 284 g/mol. The number of phenolic OH excluding ortho intramolecular Hbond substituents is 1. The number of nitrogens with one attached hydrogen (secondary N) is 1. The third-order valence-electron chi connectivity index (χ3n) is 2.11. The molecule has 4 heteroatoms. The van der Waals surface area contributed by atoms with Gasteiger partial charge in [0.05, 0.1) is 4.47 Å². The van der Waals surface area contributed by atoms with Gasteiger partial charge in [-0.2, -0.15) is 0 Å². The quantitative estimate of drug-likeness (QED) is 0.835. The minimum absolute atomic E-state index is 0.0378. The second-order valence-corrected chi connectivity index (χ2v) is 4.42. The lowest BCUT2D eigenvalue weighted by atomic mass is 10.1. The zero-order chi connectivity index (χ0) is 12.1. The van der Waals surface area contributed by atoms with Gasteiger partial charge in [-0.1, -0.05) is 6.08 Å². The molecule has 0 spiro atoms. The minimum Gasteiger partial charge on any atom is -0.507 e. The molecule has 2 N–H and O–H groups in total. The number of hydrogen-bond donors (Lipinski definition) is 2. The molecule has 0 saturated carbocycles. The maximum atomic E-state index is 11.7. The van der Waals surface area contributed by atoms with E-state index >= 15 is 0 Å². The van der Waals surface area contributed by atoms with Crippen molar-refractivity contribution in [2.75, 3.05) is 0 Å². The number of carbonyl (C=O) groups is 1. The summed E-state index contributed by atoms with van der Waals surface area (Å²) in [5, 5.41) is 12.3. The Bertz CT molecular complexity index is 404. The monoisotopic (exact) mass is 283 g/mol. The molecule has 0 aliphatic rings. The summed E-state index contributed by atoms with van der Waals surface area (Å²) in [6.07, 6.45) is 2.47. The van der Waals surface area contributed by atoms with Crippen molar-refractivity contribution in [2.45, 2.75) is 19.4 Å².